The zero-order valence-electron chi connectivity index (χ0n) is 16.8. The third-order valence-corrected chi connectivity index (χ3v) is 5.23. The van der Waals surface area contributed by atoms with E-state index < -0.39 is 11.6 Å². The smallest absolute Gasteiger partial charge is 0.222 e. The standard InChI is InChI=1S/C25H15F2N5/c26-21-7-3-6-20(24(21)27)25-30-22-13-29-32(15-23(22)31-25)14-16-8-10-17(11-9-16)19-5-2-1-4-18(19)12-28/h1-11,13,15H,14H2/p+1. The highest BCUT2D eigenvalue weighted by molar-refractivity contribution is 5.77. The summed E-state index contributed by atoms with van der Waals surface area (Å²) in [5.74, 6) is -1.61. The van der Waals surface area contributed by atoms with Crippen molar-refractivity contribution in [3.05, 3.63) is 102 Å². The van der Waals surface area contributed by atoms with E-state index in [-0.39, 0.29) is 11.4 Å². The third-order valence-electron chi connectivity index (χ3n) is 5.23. The summed E-state index contributed by atoms with van der Waals surface area (Å²) in [6.07, 6.45) is 3.37. The van der Waals surface area contributed by atoms with Crippen molar-refractivity contribution < 1.29 is 13.5 Å². The van der Waals surface area contributed by atoms with Crippen LogP contribution in [0.25, 0.3) is 33.5 Å². The molecule has 0 bridgehead atoms. The summed E-state index contributed by atoms with van der Waals surface area (Å²) in [5.41, 5.74) is 4.81. The van der Waals surface area contributed by atoms with Crippen LogP contribution in [0.15, 0.2) is 79.1 Å². The lowest BCUT2D eigenvalue weighted by atomic mass is 9.99. The molecule has 0 atom stereocenters. The van der Waals surface area contributed by atoms with Crippen LogP contribution in [0.3, 0.4) is 0 Å². The maximum atomic E-state index is 14.1. The highest BCUT2D eigenvalue weighted by Crippen LogP contribution is 2.25. The average molecular weight is 424 g/mol. The summed E-state index contributed by atoms with van der Waals surface area (Å²) in [6, 6.07) is 21.6. The van der Waals surface area contributed by atoms with Gasteiger partial charge in [0.05, 0.1) is 17.2 Å². The quantitative estimate of drug-likeness (QED) is 0.422. The van der Waals surface area contributed by atoms with Crippen molar-refractivity contribution in [2.45, 2.75) is 6.54 Å². The van der Waals surface area contributed by atoms with Gasteiger partial charge in [-0.1, -0.05) is 53.2 Å². The fourth-order valence-electron chi connectivity index (χ4n) is 3.62. The molecule has 0 fully saturated rings. The molecule has 0 amide bonds. The summed E-state index contributed by atoms with van der Waals surface area (Å²) in [4.78, 5) is 7.37. The Morgan fingerprint density at radius 1 is 0.938 bits per heavy atom. The van der Waals surface area contributed by atoms with E-state index in [1.165, 1.54) is 12.1 Å². The second-order valence-electron chi connectivity index (χ2n) is 7.31. The summed E-state index contributed by atoms with van der Waals surface area (Å²) in [5, 5.41) is 13.7. The Hall–Kier alpha value is -4.44. The third kappa shape index (κ3) is 3.59. The largest absolute Gasteiger partial charge is 0.333 e. The number of benzene rings is 3. The van der Waals surface area contributed by atoms with Crippen molar-refractivity contribution in [1.29, 1.82) is 5.26 Å². The Morgan fingerprint density at radius 2 is 1.72 bits per heavy atom. The molecule has 0 spiro atoms. The second-order valence-corrected chi connectivity index (χ2v) is 7.31. The number of hydrogen-bond acceptors (Lipinski definition) is 3. The van der Waals surface area contributed by atoms with Gasteiger partial charge in [-0.05, 0) is 34.4 Å². The lowest BCUT2D eigenvalue weighted by molar-refractivity contribution is -0.745. The molecular weight excluding hydrogens is 408 g/mol. The Morgan fingerprint density at radius 3 is 2.53 bits per heavy atom. The molecule has 154 valence electrons. The van der Waals surface area contributed by atoms with Crippen LogP contribution >= 0.6 is 0 Å². The van der Waals surface area contributed by atoms with Crippen LogP contribution in [0.4, 0.5) is 8.78 Å². The molecular formula is C25H16F2N5+. The van der Waals surface area contributed by atoms with E-state index in [9.17, 15) is 14.0 Å². The van der Waals surface area contributed by atoms with Crippen LogP contribution < -0.4 is 4.68 Å². The van der Waals surface area contributed by atoms with Crippen LogP contribution in [-0.4, -0.2) is 15.1 Å². The maximum absolute atomic E-state index is 14.1. The molecule has 0 saturated heterocycles. The molecule has 1 N–H and O–H groups in total. The summed E-state index contributed by atoms with van der Waals surface area (Å²) >= 11 is 0. The Balaban J connectivity index is 1.41. The number of hydrogen-bond donors (Lipinski definition) is 1. The molecule has 5 nitrogen and oxygen atoms in total. The van der Waals surface area contributed by atoms with Crippen molar-refractivity contribution in [3.63, 3.8) is 0 Å². The van der Waals surface area contributed by atoms with Gasteiger partial charge in [0.2, 0.25) is 6.20 Å². The number of rotatable bonds is 4. The van der Waals surface area contributed by atoms with Gasteiger partial charge in [0.15, 0.2) is 18.2 Å². The predicted molar refractivity (Wildman–Crippen MR) is 115 cm³/mol. The minimum Gasteiger partial charge on any atom is -0.333 e. The van der Waals surface area contributed by atoms with Gasteiger partial charge in [-0.25, -0.2) is 13.8 Å². The van der Waals surface area contributed by atoms with Crippen LogP contribution in [0.5, 0.6) is 0 Å². The van der Waals surface area contributed by atoms with Crippen molar-refractivity contribution in [3.8, 4) is 28.6 Å². The molecule has 7 heteroatoms. The van der Waals surface area contributed by atoms with Crippen LogP contribution in [0.1, 0.15) is 11.1 Å². The second kappa shape index (κ2) is 8.00. The molecule has 0 aliphatic rings. The highest BCUT2D eigenvalue weighted by Gasteiger charge is 2.16. The number of nitrogens with one attached hydrogen (secondary N) is 1. The van der Waals surface area contributed by atoms with E-state index in [2.05, 4.69) is 21.1 Å². The van der Waals surface area contributed by atoms with Crippen molar-refractivity contribution in [1.82, 2.24) is 15.1 Å². The number of imidazole rings is 1. The minimum atomic E-state index is -0.939. The van der Waals surface area contributed by atoms with E-state index in [1.807, 2.05) is 42.5 Å². The van der Waals surface area contributed by atoms with Gasteiger partial charge in [0.25, 0.3) is 0 Å². The Labute approximate surface area is 182 Å². The van der Waals surface area contributed by atoms with E-state index in [1.54, 1.807) is 23.1 Å². The molecule has 0 unspecified atom stereocenters. The lowest BCUT2D eigenvalue weighted by Crippen LogP contribution is -2.37. The van der Waals surface area contributed by atoms with E-state index in [0.29, 0.717) is 23.1 Å². The minimum absolute atomic E-state index is 0.0704. The lowest BCUT2D eigenvalue weighted by Gasteiger charge is -2.04. The molecule has 2 heterocycles. The van der Waals surface area contributed by atoms with Gasteiger partial charge in [0, 0.05) is 5.56 Å². The van der Waals surface area contributed by atoms with Crippen LogP contribution in [-0.2, 0) is 6.54 Å². The topological polar surface area (TPSA) is 69.2 Å². The molecule has 0 radical (unpaired) electrons. The van der Waals surface area contributed by atoms with Crippen molar-refractivity contribution in [2.24, 2.45) is 0 Å². The van der Waals surface area contributed by atoms with Gasteiger partial charge in [0.1, 0.15) is 23.1 Å². The summed E-state index contributed by atoms with van der Waals surface area (Å²) in [6.45, 7) is 0.513. The highest BCUT2D eigenvalue weighted by atomic mass is 19.2. The summed E-state index contributed by atoms with van der Waals surface area (Å²) < 4.78 is 29.4. The molecule has 3 aromatic carbocycles. The zero-order chi connectivity index (χ0) is 22.1. The first kappa shape index (κ1) is 19.5. The fourth-order valence-corrected chi connectivity index (χ4v) is 3.62. The molecule has 0 aliphatic carbocycles. The number of aromatic nitrogens is 4. The predicted octanol–water partition coefficient (Wildman–Crippen LogP) is 4.78. The van der Waals surface area contributed by atoms with Crippen molar-refractivity contribution in [2.75, 3.05) is 0 Å². The first-order valence-electron chi connectivity index (χ1n) is 9.91. The van der Waals surface area contributed by atoms with Gasteiger partial charge >= 0.3 is 0 Å². The average Bonchev–Trinajstić information content (AvgIpc) is 3.24. The maximum Gasteiger partial charge on any atom is 0.222 e. The number of nitrogens with zero attached hydrogens (tertiary/aromatic N) is 4. The van der Waals surface area contributed by atoms with Gasteiger partial charge in [-0.2, -0.15) is 5.26 Å². The van der Waals surface area contributed by atoms with Gasteiger partial charge in [-0.15, -0.1) is 0 Å². The Kier molecular flexibility index (Phi) is 4.88. The molecule has 5 aromatic rings. The van der Waals surface area contributed by atoms with Crippen LogP contribution in [0.2, 0.25) is 0 Å². The number of fused-ring (bicyclic) bond motifs is 1. The van der Waals surface area contributed by atoms with Crippen molar-refractivity contribution >= 4 is 11.0 Å². The van der Waals surface area contributed by atoms with Crippen LogP contribution in [0, 0.1) is 23.0 Å². The molecule has 0 saturated carbocycles. The fraction of sp³-hybridized carbons (Fsp3) is 0.0400. The zero-order valence-corrected chi connectivity index (χ0v) is 16.8. The van der Waals surface area contributed by atoms with Gasteiger partial charge < -0.3 is 4.98 Å². The number of H-pyrrole nitrogens is 1. The SMILES string of the molecule is N#Cc1ccccc1-c1ccc(C[n+]2cc3[nH]c(-c4cccc(F)c4F)nc3cn2)cc1. The molecule has 5 rings (SSSR count). The summed E-state index contributed by atoms with van der Waals surface area (Å²) in [7, 11) is 0. The van der Waals surface area contributed by atoms with E-state index >= 15 is 0 Å². The normalized spacial score (nSPS) is 10.9. The molecule has 0 aliphatic heterocycles. The molecule has 2 aromatic heterocycles. The number of nitriles is 1. The van der Waals surface area contributed by atoms with E-state index in [4.69, 9.17) is 0 Å². The number of aromatic amines is 1. The van der Waals surface area contributed by atoms with Gasteiger partial charge in [-0.3, -0.25) is 0 Å². The Bertz CT molecular complexity index is 1480. The monoisotopic (exact) mass is 424 g/mol. The van der Waals surface area contributed by atoms with E-state index in [0.717, 1.165) is 22.8 Å². The number of halogens is 2. The molecule has 32 heavy (non-hydrogen) atoms. The first-order chi connectivity index (χ1) is 15.6. The first-order valence-corrected chi connectivity index (χ1v) is 9.91.